The van der Waals surface area contributed by atoms with E-state index < -0.39 is 0 Å². The van der Waals surface area contributed by atoms with Crippen LogP contribution in [0.1, 0.15) is 12.7 Å². The zero-order valence-electron chi connectivity index (χ0n) is 13.7. The van der Waals surface area contributed by atoms with Crippen LogP contribution in [0.3, 0.4) is 0 Å². The highest BCUT2D eigenvalue weighted by molar-refractivity contribution is 6.30. The zero-order valence-corrected chi connectivity index (χ0v) is 14.5. The van der Waals surface area contributed by atoms with Gasteiger partial charge in [-0.2, -0.15) is 0 Å². The molecule has 0 radical (unpaired) electrons. The van der Waals surface area contributed by atoms with Crippen LogP contribution in [-0.2, 0) is 11.3 Å². The smallest absolute Gasteiger partial charge is 0.241 e. The Morgan fingerprint density at radius 2 is 1.92 bits per heavy atom. The first kappa shape index (κ1) is 17.0. The molecule has 2 heterocycles. The summed E-state index contributed by atoms with van der Waals surface area (Å²) in [7, 11) is 0. The highest BCUT2D eigenvalue weighted by Crippen LogP contribution is 2.15. The van der Waals surface area contributed by atoms with E-state index in [1.165, 1.54) is 0 Å². The van der Waals surface area contributed by atoms with Crippen molar-refractivity contribution in [3.63, 3.8) is 0 Å². The molecule has 1 amide bonds. The van der Waals surface area contributed by atoms with Crippen molar-refractivity contribution in [1.29, 1.82) is 0 Å². The minimum Gasteiger partial charge on any atom is -0.468 e. The molecule has 6 heteroatoms. The average molecular weight is 348 g/mol. The van der Waals surface area contributed by atoms with Crippen molar-refractivity contribution in [2.45, 2.75) is 19.5 Å². The molecule has 1 fully saturated rings. The molecule has 0 aliphatic carbocycles. The fourth-order valence-corrected chi connectivity index (χ4v) is 3.00. The van der Waals surface area contributed by atoms with E-state index in [2.05, 4.69) is 15.1 Å². The van der Waals surface area contributed by atoms with Crippen LogP contribution in [0.5, 0.6) is 0 Å². The number of piperazine rings is 1. The molecule has 2 aromatic rings. The van der Waals surface area contributed by atoms with Gasteiger partial charge in [0.25, 0.3) is 0 Å². The summed E-state index contributed by atoms with van der Waals surface area (Å²) in [6.45, 7) is 6.38. The van der Waals surface area contributed by atoms with Gasteiger partial charge in [0.1, 0.15) is 5.76 Å². The second-order valence-corrected chi connectivity index (χ2v) is 6.50. The number of nitrogens with one attached hydrogen (secondary N) is 1. The molecule has 0 bridgehead atoms. The summed E-state index contributed by atoms with van der Waals surface area (Å²) >= 11 is 5.86. The first-order valence-corrected chi connectivity index (χ1v) is 8.55. The Morgan fingerprint density at radius 3 is 2.54 bits per heavy atom. The minimum atomic E-state index is -0.161. The maximum Gasteiger partial charge on any atom is 0.241 e. The van der Waals surface area contributed by atoms with Crippen molar-refractivity contribution in [2.75, 3.05) is 31.5 Å². The summed E-state index contributed by atoms with van der Waals surface area (Å²) in [6, 6.07) is 10.9. The number of carbonyl (C=O) groups is 1. The van der Waals surface area contributed by atoms with Gasteiger partial charge in [-0.1, -0.05) is 11.6 Å². The summed E-state index contributed by atoms with van der Waals surface area (Å²) in [5, 5.41) is 3.61. The average Bonchev–Trinajstić information content (AvgIpc) is 3.10. The quantitative estimate of drug-likeness (QED) is 0.903. The van der Waals surface area contributed by atoms with Crippen molar-refractivity contribution in [3.05, 3.63) is 53.4 Å². The summed E-state index contributed by atoms with van der Waals surface area (Å²) < 4.78 is 5.39. The van der Waals surface area contributed by atoms with E-state index >= 15 is 0 Å². The van der Waals surface area contributed by atoms with Gasteiger partial charge in [-0.15, -0.1) is 0 Å². The number of furan rings is 1. The van der Waals surface area contributed by atoms with E-state index in [9.17, 15) is 4.79 Å². The Hall–Kier alpha value is -1.82. The molecule has 1 atom stereocenters. The highest BCUT2D eigenvalue weighted by atomic mass is 35.5. The van der Waals surface area contributed by atoms with Crippen LogP contribution < -0.4 is 5.32 Å². The lowest BCUT2D eigenvalue weighted by molar-refractivity contribution is -0.121. The van der Waals surface area contributed by atoms with E-state index in [0.717, 1.165) is 44.2 Å². The molecule has 1 unspecified atom stereocenters. The molecule has 5 nitrogen and oxygen atoms in total. The number of rotatable bonds is 5. The number of benzene rings is 1. The first-order valence-electron chi connectivity index (χ1n) is 8.17. The van der Waals surface area contributed by atoms with Crippen LogP contribution in [0.25, 0.3) is 0 Å². The molecule has 0 saturated carbocycles. The van der Waals surface area contributed by atoms with E-state index in [4.69, 9.17) is 16.0 Å². The van der Waals surface area contributed by atoms with Gasteiger partial charge in [-0.05, 0) is 43.3 Å². The van der Waals surface area contributed by atoms with Gasteiger partial charge in [-0.3, -0.25) is 14.6 Å². The Bertz CT molecular complexity index is 649. The molecule has 0 spiro atoms. The minimum absolute atomic E-state index is 0.0109. The largest absolute Gasteiger partial charge is 0.468 e. The second kappa shape index (κ2) is 7.83. The third-order valence-corrected chi connectivity index (χ3v) is 4.66. The number of hydrogen-bond acceptors (Lipinski definition) is 4. The maximum atomic E-state index is 12.4. The monoisotopic (exact) mass is 347 g/mol. The highest BCUT2D eigenvalue weighted by Gasteiger charge is 2.25. The number of amides is 1. The van der Waals surface area contributed by atoms with Crippen LogP contribution >= 0.6 is 11.6 Å². The molecular weight excluding hydrogens is 326 g/mol. The molecule has 1 aliphatic rings. The van der Waals surface area contributed by atoms with E-state index in [1.807, 2.05) is 31.2 Å². The van der Waals surface area contributed by atoms with Gasteiger partial charge < -0.3 is 9.73 Å². The Balaban J connectivity index is 1.48. The molecule has 24 heavy (non-hydrogen) atoms. The van der Waals surface area contributed by atoms with Crippen LogP contribution in [0.2, 0.25) is 5.02 Å². The Labute approximate surface area is 147 Å². The topological polar surface area (TPSA) is 48.7 Å². The molecule has 1 saturated heterocycles. The molecule has 1 aromatic carbocycles. The summed E-state index contributed by atoms with van der Waals surface area (Å²) in [4.78, 5) is 17.0. The van der Waals surface area contributed by atoms with E-state index in [-0.39, 0.29) is 11.9 Å². The van der Waals surface area contributed by atoms with Gasteiger partial charge in [0.15, 0.2) is 0 Å². The van der Waals surface area contributed by atoms with Crippen LogP contribution in [0, 0.1) is 0 Å². The van der Waals surface area contributed by atoms with E-state index in [1.54, 1.807) is 18.4 Å². The predicted molar refractivity (Wildman–Crippen MR) is 95.1 cm³/mol. The van der Waals surface area contributed by atoms with Crippen molar-refractivity contribution in [2.24, 2.45) is 0 Å². The number of hydrogen-bond donors (Lipinski definition) is 1. The van der Waals surface area contributed by atoms with Gasteiger partial charge >= 0.3 is 0 Å². The maximum absolute atomic E-state index is 12.4. The van der Waals surface area contributed by atoms with Gasteiger partial charge in [0, 0.05) is 36.9 Å². The third-order valence-electron chi connectivity index (χ3n) is 4.41. The van der Waals surface area contributed by atoms with Crippen molar-refractivity contribution in [1.82, 2.24) is 9.80 Å². The lowest BCUT2D eigenvalue weighted by atomic mass is 10.2. The number of carbonyl (C=O) groups excluding carboxylic acids is 1. The van der Waals surface area contributed by atoms with Gasteiger partial charge in [-0.25, -0.2) is 0 Å². The molecular formula is C18H22ClN3O2. The molecule has 1 aliphatic heterocycles. The SMILES string of the molecule is CC(C(=O)Nc1ccc(Cl)cc1)N1CCN(Cc2ccco2)CC1. The van der Waals surface area contributed by atoms with Crippen LogP contribution in [0.15, 0.2) is 47.1 Å². The first-order chi connectivity index (χ1) is 11.6. The van der Waals surface area contributed by atoms with Crippen molar-refractivity contribution >= 4 is 23.2 Å². The lowest BCUT2D eigenvalue weighted by Crippen LogP contribution is -2.52. The van der Waals surface area contributed by atoms with Crippen molar-refractivity contribution in [3.8, 4) is 0 Å². The third kappa shape index (κ3) is 4.38. The molecule has 1 aromatic heterocycles. The molecule has 3 rings (SSSR count). The Kier molecular flexibility index (Phi) is 5.56. The van der Waals surface area contributed by atoms with E-state index in [0.29, 0.717) is 5.02 Å². The van der Waals surface area contributed by atoms with Crippen molar-refractivity contribution < 1.29 is 9.21 Å². The number of nitrogens with zero attached hydrogens (tertiary/aromatic N) is 2. The van der Waals surface area contributed by atoms with Gasteiger partial charge in [0.2, 0.25) is 5.91 Å². The predicted octanol–water partition coefficient (Wildman–Crippen LogP) is 3.08. The fourth-order valence-electron chi connectivity index (χ4n) is 2.88. The fraction of sp³-hybridized carbons (Fsp3) is 0.389. The summed E-state index contributed by atoms with van der Waals surface area (Å²) in [5.41, 5.74) is 0.771. The summed E-state index contributed by atoms with van der Waals surface area (Å²) in [5.74, 6) is 0.994. The molecule has 1 N–H and O–H groups in total. The van der Waals surface area contributed by atoms with Crippen LogP contribution in [-0.4, -0.2) is 47.9 Å². The lowest BCUT2D eigenvalue weighted by Gasteiger charge is -2.37. The normalized spacial score (nSPS) is 17.6. The second-order valence-electron chi connectivity index (χ2n) is 6.06. The summed E-state index contributed by atoms with van der Waals surface area (Å²) in [6.07, 6.45) is 1.70. The standard InChI is InChI=1S/C18H22ClN3O2/c1-14(18(23)20-16-6-4-15(19)5-7-16)22-10-8-21(9-11-22)13-17-3-2-12-24-17/h2-7,12,14H,8-11,13H2,1H3,(H,20,23). The van der Waals surface area contributed by atoms with Gasteiger partial charge in [0.05, 0.1) is 18.8 Å². The van der Waals surface area contributed by atoms with Crippen LogP contribution in [0.4, 0.5) is 5.69 Å². The Morgan fingerprint density at radius 1 is 1.21 bits per heavy atom. The number of halogens is 1. The molecule has 128 valence electrons. The number of anilines is 1. The zero-order chi connectivity index (χ0) is 16.9.